The van der Waals surface area contributed by atoms with Gasteiger partial charge in [-0.05, 0) is 87.7 Å². The van der Waals surface area contributed by atoms with E-state index >= 15 is 0 Å². The third kappa shape index (κ3) is 5.96. The Kier molecular flexibility index (Phi) is 6.67. The molecule has 4 rings (SSSR count). The minimum absolute atomic E-state index is 0.0307. The van der Waals surface area contributed by atoms with Crippen LogP contribution in [0.1, 0.15) is 78.6 Å². The van der Waals surface area contributed by atoms with E-state index < -0.39 is 0 Å². The second-order valence-electron chi connectivity index (χ2n) is 11.7. The Morgan fingerprint density at radius 3 is 2.10 bits per heavy atom. The van der Waals surface area contributed by atoms with E-state index in [2.05, 4.69) is 18.7 Å². The standard InChI is InChI=1S/C24H41NO4/c1-18(13-28-20(26)7-6-8-25(4)5)14-29-21(27)12-24-11-19-9-22(2,16-24)15-23(3,10-19)17-24/h18-19H,6-17H2,1-5H3/t18?,19?,22-,23+,24?. The van der Waals surface area contributed by atoms with E-state index in [0.717, 1.165) is 18.9 Å². The molecule has 3 unspecified atom stereocenters. The Morgan fingerprint density at radius 1 is 0.966 bits per heavy atom. The largest absolute Gasteiger partial charge is 0.465 e. The van der Waals surface area contributed by atoms with Crippen LogP contribution < -0.4 is 0 Å². The molecule has 5 nitrogen and oxygen atoms in total. The van der Waals surface area contributed by atoms with Gasteiger partial charge in [-0.15, -0.1) is 0 Å². The maximum absolute atomic E-state index is 12.6. The molecule has 0 aromatic heterocycles. The summed E-state index contributed by atoms with van der Waals surface area (Å²) >= 11 is 0. The molecule has 4 aliphatic rings. The van der Waals surface area contributed by atoms with Crippen molar-refractivity contribution in [3.05, 3.63) is 0 Å². The van der Waals surface area contributed by atoms with Crippen LogP contribution in [0.2, 0.25) is 0 Å². The van der Waals surface area contributed by atoms with Crippen LogP contribution in [0.15, 0.2) is 0 Å². The third-order valence-electron chi connectivity index (χ3n) is 7.30. The Bertz CT molecular complexity index is 598. The normalized spacial score (nSPS) is 36.3. The molecule has 5 heteroatoms. The number of hydrogen-bond donors (Lipinski definition) is 0. The molecule has 5 atom stereocenters. The Hall–Kier alpha value is -1.10. The molecule has 4 bridgehead atoms. The molecule has 0 aromatic carbocycles. The molecule has 0 heterocycles. The molecular formula is C24H41NO4. The van der Waals surface area contributed by atoms with Gasteiger partial charge in [0.25, 0.3) is 0 Å². The lowest BCUT2D eigenvalue weighted by Gasteiger charge is -2.65. The van der Waals surface area contributed by atoms with Crippen LogP contribution in [-0.2, 0) is 19.1 Å². The minimum atomic E-state index is -0.167. The molecule has 0 spiro atoms. The first kappa shape index (κ1) is 22.6. The smallest absolute Gasteiger partial charge is 0.306 e. The number of ether oxygens (including phenoxy) is 2. The van der Waals surface area contributed by atoms with Gasteiger partial charge in [-0.1, -0.05) is 20.8 Å². The highest BCUT2D eigenvalue weighted by atomic mass is 16.5. The van der Waals surface area contributed by atoms with Gasteiger partial charge in [-0.3, -0.25) is 9.59 Å². The lowest BCUT2D eigenvalue weighted by Crippen LogP contribution is -2.55. The Morgan fingerprint density at radius 2 is 1.55 bits per heavy atom. The summed E-state index contributed by atoms with van der Waals surface area (Å²) < 4.78 is 10.9. The average molecular weight is 408 g/mol. The molecule has 0 radical (unpaired) electrons. The van der Waals surface area contributed by atoms with Crippen LogP contribution in [0.3, 0.4) is 0 Å². The second kappa shape index (κ2) is 8.56. The van der Waals surface area contributed by atoms with Crippen LogP contribution in [-0.4, -0.2) is 50.7 Å². The number of hydrogen-bond acceptors (Lipinski definition) is 5. The molecule has 0 aliphatic heterocycles. The molecule has 0 saturated heterocycles. The Balaban J connectivity index is 1.38. The van der Waals surface area contributed by atoms with Crippen molar-refractivity contribution in [2.45, 2.75) is 78.6 Å². The monoisotopic (exact) mass is 407 g/mol. The van der Waals surface area contributed by atoms with Crippen LogP contribution in [0.5, 0.6) is 0 Å². The maximum atomic E-state index is 12.6. The summed E-state index contributed by atoms with van der Waals surface area (Å²) in [5.74, 6) is 0.589. The summed E-state index contributed by atoms with van der Waals surface area (Å²) in [4.78, 5) is 26.5. The van der Waals surface area contributed by atoms with Crippen LogP contribution in [0.4, 0.5) is 0 Å². The van der Waals surface area contributed by atoms with E-state index in [1.807, 2.05) is 21.0 Å². The van der Waals surface area contributed by atoms with Gasteiger partial charge in [0.05, 0.1) is 19.6 Å². The van der Waals surface area contributed by atoms with Crippen molar-refractivity contribution >= 4 is 11.9 Å². The molecule has 4 aliphatic carbocycles. The topological polar surface area (TPSA) is 55.8 Å². The molecule has 0 aromatic rings. The molecular weight excluding hydrogens is 366 g/mol. The Labute approximate surface area is 176 Å². The van der Waals surface area contributed by atoms with Crippen LogP contribution >= 0.6 is 0 Å². The lowest BCUT2D eigenvalue weighted by molar-refractivity contribution is -0.169. The van der Waals surface area contributed by atoms with Gasteiger partial charge in [0.15, 0.2) is 0 Å². The number of rotatable bonds is 10. The molecule has 166 valence electrons. The first-order valence-corrected chi connectivity index (χ1v) is 11.5. The van der Waals surface area contributed by atoms with E-state index in [-0.39, 0.29) is 23.3 Å². The van der Waals surface area contributed by atoms with Gasteiger partial charge in [-0.2, -0.15) is 0 Å². The van der Waals surface area contributed by atoms with Gasteiger partial charge in [0, 0.05) is 12.3 Å². The minimum Gasteiger partial charge on any atom is -0.465 e. The number of carbonyl (C=O) groups is 2. The highest BCUT2D eigenvalue weighted by Gasteiger charge is 2.60. The fourth-order valence-electron chi connectivity index (χ4n) is 7.37. The van der Waals surface area contributed by atoms with Crippen molar-refractivity contribution in [1.82, 2.24) is 4.90 Å². The average Bonchev–Trinajstić information content (AvgIpc) is 2.54. The summed E-state index contributed by atoms with van der Waals surface area (Å²) in [5.41, 5.74) is 0.993. The van der Waals surface area contributed by atoms with Gasteiger partial charge in [0.2, 0.25) is 0 Å². The maximum Gasteiger partial charge on any atom is 0.306 e. The quantitative estimate of drug-likeness (QED) is 0.501. The number of nitrogens with zero attached hydrogens (tertiary/aromatic N) is 1. The van der Waals surface area contributed by atoms with Crippen LogP contribution in [0.25, 0.3) is 0 Å². The summed E-state index contributed by atoms with van der Waals surface area (Å²) in [7, 11) is 3.98. The highest BCUT2D eigenvalue weighted by molar-refractivity contribution is 5.70. The molecule has 0 N–H and O–H groups in total. The summed E-state index contributed by atoms with van der Waals surface area (Å²) in [6.07, 6.45) is 9.38. The zero-order chi connectivity index (χ0) is 21.3. The summed E-state index contributed by atoms with van der Waals surface area (Å²) in [6.45, 7) is 8.36. The van der Waals surface area contributed by atoms with E-state index in [9.17, 15) is 9.59 Å². The molecule has 4 fully saturated rings. The predicted molar refractivity (Wildman–Crippen MR) is 113 cm³/mol. The van der Waals surface area contributed by atoms with Gasteiger partial charge in [0.1, 0.15) is 0 Å². The zero-order valence-corrected chi connectivity index (χ0v) is 19.2. The first-order chi connectivity index (χ1) is 13.5. The van der Waals surface area contributed by atoms with Gasteiger partial charge in [-0.25, -0.2) is 0 Å². The summed E-state index contributed by atoms with van der Waals surface area (Å²) in [5, 5.41) is 0. The molecule has 4 saturated carbocycles. The van der Waals surface area contributed by atoms with Gasteiger partial charge < -0.3 is 14.4 Å². The van der Waals surface area contributed by atoms with Crippen molar-refractivity contribution in [3.63, 3.8) is 0 Å². The van der Waals surface area contributed by atoms with Crippen LogP contribution in [0, 0.1) is 28.1 Å². The predicted octanol–water partition coefficient (Wildman–Crippen LogP) is 4.44. The van der Waals surface area contributed by atoms with Gasteiger partial charge >= 0.3 is 11.9 Å². The van der Waals surface area contributed by atoms with Crippen molar-refractivity contribution in [1.29, 1.82) is 0 Å². The molecule has 29 heavy (non-hydrogen) atoms. The van der Waals surface area contributed by atoms with Crippen molar-refractivity contribution in [2.75, 3.05) is 33.9 Å². The highest BCUT2D eigenvalue weighted by Crippen LogP contribution is 2.70. The van der Waals surface area contributed by atoms with Crippen molar-refractivity contribution < 1.29 is 19.1 Å². The number of carbonyl (C=O) groups excluding carboxylic acids is 2. The molecule has 0 amide bonds. The third-order valence-corrected chi connectivity index (χ3v) is 7.30. The van der Waals surface area contributed by atoms with E-state index in [0.29, 0.717) is 36.9 Å². The lowest BCUT2D eigenvalue weighted by atomic mass is 9.40. The SMILES string of the molecule is CC(COC(=O)CCCN(C)C)COC(=O)CC12CC3C[C@@](C)(C1)C[C@](C)(C3)C2. The van der Waals surface area contributed by atoms with E-state index in [1.54, 1.807) is 0 Å². The van der Waals surface area contributed by atoms with E-state index in [4.69, 9.17) is 9.47 Å². The second-order valence-corrected chi connectivity index (χ2v) is 11.7. The first-order valence-electron chi connectivity index (χ1n) is 11.5. The zero-order valence-electron chi connectivity index (χ0n) is 19.2. The fourth-order valence-corrected chi connectivity index (χ4v) is 7.37. The van der Waals surface area contributed by atoms with E-state index in [1.165, 1.54) is 38.5 Å². The summed E-state index contributed by atoms with van der Waals surface area (Å²) in [6, 6.07) is 0. The number of esters is 2. The van der Waals surface area contributed by atoms with Crippen molar-refractivity contribution in [2.24, 2.45) is 28.1 Å². The van der Waals surface area contributed by atoms with Crippen molar-refractivity contribution in [3.8, 4) is 0 Å². The fraction of sp³-hybridized carbons (Fsp3) is 0.917.